The molecular formula is C16H20N2O2S. The number of ether oxygens (including phenoxy) is 1. The van der Waals surface area contributed by atoms with Crippen LogP contribution in [0.15, 0.2) is 23.6 Å². The number of nitrogens with one attached hydrogen (secondary N) is 1. The van der Waals surface area contributed by atoms with E-state index in [9.17, 15) is 4.79 Å². The lowest BCUT2D eigenvalue weighted by Crippen LogP contribution is -2.27. The van der Waals surface area contributed by atoms with Crippen LogP contribution >= 0.6 is 11.3 Å². The van der Waals surface area contributed by atoms with Gasteiger partial charge in [0.25, 0.3) is 0 Å². The van der Waals surface area contributed by atoms with E-state index < -0.39 is 0 Å². The number of hydrogen-bond donors (Lipinski definition) is 1. The van der Waals surface area contributed by atoms with Crippen molar-refractivity contribution in [3.05, 3.63) is 45.4 Å². The normalized spacial score (nSPS) is 10.4. The van der Waals surface area contributed by atoms with Gasteiger partial charge in [-0.15, -0.1) is 11.3 Å². The Morgan fingerprint density at radius 1 is 1.38 bits per heavy atom. The van der Waals surface area contributed by atoms with Crippen molar-refractivity contribution in [2.24, 2.45) is 0 Å². The van der Waals surface area contributed by atoms with Crippen molar-refractivity contribution in [1.29, 1.82) is 0 Å². The maximum absolute atomic E-state index is 11.9. The molecule has 1 heterocycles. The second-order valence-electron chi connectivity index (χ2n) is 4.95. The van der Waals surface area contributed by atoms with Gasteiger partial charge < -0.3 is 10.1 Å². The van der Waals surface area contributed by atoms with E-state index in [0.717, 1.165) is 28.4 Å². The number of aromatic nitrogens is 1. The number of carbonyl (C=O) groups excluding carboxylic acids is 1. The lowest BCUT2D eigenvalue weighted by molar-refractivity contribution is -0.120. The minimum Gasteiger partial charge on any atom is -0.496 e. The molecule has 1 N–H and O–H groups in total. The summed E-state index contributed by atoms with van der Waals surface area (Å²) in [6.45, 7) is 4.59. The van der Waals surface area contributed by atoms with Crippen LogP contribution in [-0.2, 0) is 17.6 Å². The van der Waals surface area contributed by atoms with Gasteiger partial charge in [-0.1, -0.05) is 17.7 Å². The van der Waals surface area contributed by atoms with E-state index >= 15 is 0 Å². The van der Waals surface area contributed by atoms with E-state index in [1.165, 1.54) is 5.56 Å². The van der Waals surface area contributed by atoms with E-state index in [1.807, 2.05) is 31.4 Å². The maximum atomic E-state index is 11.9. The molecule has 0 aliphatic carbocycles. The molecule has 21 heavy (non-hydrogen) atoms. The quantitative estimate of drug-likeness (QED) is 0.892. The first kappa shape index (κ1) is 15.5. The van der Waals surface area contributed by atoms with Crippen LogP contribution in [-0.4, -0.2) is 24.5 Å². The average Bonchev–Trinajstić information content (AvgIpc) is 2.84. The number of hydrogen-bond acceptors (Lipinski definition) is 4. The second kappa shape index (κ2) is 7.22. The van der Waals surface area contributed by atoms with Crippen molar-refractivity contribution in [3.8, 4) is 5.75 Å². The van der Waals surface area contributed by atoms with Crippen LogP contribution in [0.1, 0.15) is 21.8 Å². The first-order valence-corrected chi connectivity index (χ1v) is 7.77. The zero-order chi connectivity index (χ0) is 15.2. The Labute approximate surface area is 129 Å². The van der Waals surface area contributed by atoms with Crippen LogP contribution in [0.4, 0.5) is 0 Å². The summed E-state index contributed by atoms with van der Waals surface area (Å²) in [5.74, 6) is 0.872. The summed E-state index contributed by atoms with van der Waals surface area (Å²) < 4.78 is 5.33. The Morgan fingerprint density at radius 2 is 2.19 bits per heavy atom. The van der Waals surface area contributed by atoms with E-state index in [-0.39, 0.29) is 5.91 Å². The Balaban J connectivity index is 1.84. The van der Waals surface area contributed by atoms with E-state index in [0.29, 0.717) is 13.0 Å². The van der Waals surface area contributed by atoms with E-state index in [1.54, 1.807) is 18.4 Å². The molecule has 0 fully saturated rings. The molecule has 0 aliphatic rings. The highest BCUT2D eigenvalue weighted by Gasteiger charge is 2.07. The van der Waals surface area contributed by atoms with Gasteiger partial charge in [-0.2, -0.15) is 0 Å². The molecule has 2 rings (SSSR count). The van der Waals surface area contributed by atoms with Gasteiger partial charge in [-0.3, -0.25) is 4.79 Å². The first-order valence-electron chi connectivity index (χ1n) is 6.89. The number of thiazole rings is 1. The molecule has 0 atom stereocenters. The minimum absolute atomic E-state index is 0.00641. The molecule has 4 nitrogen and oxygen atoms in total. The molecule has 1 aromatic heterocycles. The third-order valence-electron chi connectivity index (χ3n) is 3.16. The molecule has 5 heteroatoms. The van der Waals surface area contributed by atoms with Crippen LogP contribution in [0.2, 0.25) is 0 Å². The monoisotopic (exact) mass is 304 g/mol. The zero-order valence-electron chi connectivity index (χ0n) is 12.6. The van der Waals surface area contributed by atoms with Crippen LogP contribution in [0.25, 0.3) is 0 Å². The molecule has 1 aromatic carbocycles. The fourth-order valence-electron chi connectivity index (χ4n) is 2.16. The predicted octanol–water partition coefficient (Wildman–Crippen LogP) is 2.67. The fraction of sp³-hybridized carbons (Fsp3) is 0.375. The lowest BCUT2D eigenvalue weighted by Gasteiger charge is -2.10. The number of benzene rings is 1. The third kappa shape index (κ3) is 4.56. The predicted molar refractivity (Wildman–Crippen MR) is 85.0 cm³/mol. The third-order valence-corrected chi connectivity index (χ3v) is 3.98. The summed E-state index contributed by atoms with van der Waals surface area (Å²) in [7, 11) is 1.66. The molecule has 0 radical (unpaired) electrons. The molecule has 1 amide bonds. The van der Waals surface area contributed by atoms with Gasteiger partial charge >= 0.3 is 0 Å². The van der Waals surface area contributed by atoms with Gasteiger partial charge in [0.15, 0.2) is 0 Å². The number of rotatable bonds is 6. The second-order valence-corrected chi connectivity index (χ2v) is 6.01. The molecule has 0 unspecified atom stereocenters. The Kier molecular flexibility index (Phi) is 5.33. The molecule has 0 saturated heterocycles. The summed E-state index contributed by atoms with van der Waals surface area (Å²) in [4.78, 5) is 16.1. The minimum atomic E-state index is 0.00641. The Hall–Kier alpha value is -1.88. The molecule has 2 aromatic rings. The van der Waals surface area contributed by atoms with E-state index in [2.05, 4.69) is 16.4 Å². The number of methoxy groups -OCH3 is 1. The van der Waals surface area contributed by atoms with Crippen molar-refractivity contribution >= 4 is 17.2 Å². The number of nitrogens with zero attached hydrogens (tertiary/aromatic N) is 1. The van der Waals surface area contributed by atoms with Crippen LogP contribution in [0.5, 0.6) is 5.75 Å². The standard InChI is InChI=1S/C16H20N2O2S/c1-11-4-5-15(20-3)13(8-11)6-7-17-16(19)9-14-10-21-12(2)18-14/h4-5,8,10H,6-7,9H2,1-3H3,(H,17,19). The topological polar surface area (TPSA) is 51.2 Å². The lowest BCUT2D eigenvalue weighted by atomic mass is 10.1. The zero-order valence-corrected chi connectivity index (χ0v) is 13.4. The van der Waals surface area contributed by atoms with Crippen molar-refractivity contribution in [3.63, 3.8) is 0 Å². The first-order chi connectivity index (χ1) is 10.1. The van der Waals surface area contributed by atoms with E-state index in [4.69, 9.17) is 4.74 Å². The van der Waals surface area contributed by atoms with Crippen LogP contribution in [0.3, 0.4) is 0 Å². The number of amides is 1. The van der Waals surface area contributed by atoms with Crippen LogP contribution < -0.4 is 10.1 Å². The maximum Gasteiger partial charge on any atom is 0.226 e. The highest BCUT2D eigenvalue weighted by atomic mass is 32.1. The molecule has 0 bridgehead atoms. The molecule has 0 spiro atoms. The number of carbonyl (C=O) groups is 1. The average molecular weight is 304 g/mol. The highest BCUT2D eigenvalue weighted by molar-refractivity contribution is 7.09. The Morgan fingerprint density at radius 3 is 2.86 bits per heavy atom. The van der Waals surface area contributed by atoms with Gasteiger partial charge in [0.05, 0.1) is 24.2 Å². The largest absolute Gasteiger partial charge is 0.496 e. The summed E-state index contributed by atoms with van der Waals surface area (Å²) in [5, 5.41) is 5.85. The van der Waals surface area contributed by atoms with Crippen molar-refractivity contribution < 1.29 is 9.53 Å². The van der Waals surface area contributed by atoms with Crippen molar-refractivity contribution in [2.45, 2.75) is 26.7 Å². The molecule has 112 valence electrons. The summed E-state index contributed by atoms with van der Waals surface area (Å²) >= 11 is 1.57. The summed E-state index contributed by atoms with van der Waals surface area (Å²) in [6, 6.07) is 6.07. The van der Waals surface area contributed by atoms with Gasteiger partial charge in [-0.05, 0) is 31.9 Å². The molecule has 0 saturated carbocycles. The van der Waals surface area contributed by atoms with Crippen molar-refractivity contribution in [2.75, 3.05) is 13.7 Å². The fourth-order valence-corrected chi connectivity index (χ4v) is 2.77. The van der Waals surface area contributed by atoms with Crippen LogP contribution in [0, 0.1) is 13.8 Å². The number of aryl methyl sites for hydroxylation is 2. The SMILES string of the molecule is COc1ccc(C)cc1CCNC(=O)Cc1csc(C)n1. The van der Waals surface area contributed by atoms with Gasteiger partial charge in [0.1, 0.15) is 5.75 Å². The molecule has 0 aliphatic heterocycles. The van der Waals surface area contributed by atoms with Gasteiger partial charge in [-0.25, -0.2) is 4.98 Å². The Bertz CT molecular complexity index is 622. The summed E-state index contributed by atoms with van der Waals surface area (Å²) in [5.41, 5.74) is 3.14. The van der Waals surface area contributed by atoms with Crippen molar-refractivity contribution in [1.82, 2.24) is 10.3 Å². The van der Waals surface area contributed by atoms with Gasteiger partial charge in [0, 0.05) is 11.9 Å². The van der Waals surface area contributed by atoms with Gasteiger partial charge in [0.2, 0.25) is 5.91 Å². The summed E-state index contributed by atoms with van der Waals surface area (Å²) in [6.07, 6.45) is 1.10. The highest BCUT2D eigenvalue weighted by Crippen LogP contribution is 2.19. The smallest absolute Gasteiger partial charge is 0.226 e. The molecular weight excluding hydrogens is 284 g/mol.